The summed E-state index contributed by atoms with van der Waals surface area (Å²) in [6.45, 7) is 5.06. The van der Waals surface area contributed by atoms with Crippen molar-refractivity contribution in [2.75, 3.05) is 14.1 Å². The Balaban J connectivity index is 2.79. The second-order valence-electron chi connectivity index (χ2n) is 5.28. The van der Waals surface area contributed by atoms with Crippen molar-refractivity contribution >= 4 is 10.8 Å². The minimum absolute atomic E-state index is 0.0109. The van der Waals surface area contributed by atoms with Gasteiger partial charge in [-0.25, -0.2) is 0 Å². The number of benzene rings is 1. The Morgan fingerprint density at radius 1 is 1.17 bits per heavy atom. The predicted molar refractivity (Wildman–Crippen MR) is 76.0 cm³/mol. The van der Waals surface area contributed by atoms with Gasteiger partial charge in [0.25, 0.3) is 5.56 Å². The standard InChI is InChI=1S/C15H20N2O/c1-10(2)14-13(9-17(3)4)11-7-5-6-8-12(11)15(18)16-14/h5-8,10H,9H2,1-4H3,(H,16,18). The van der Waals surface area contributed by atoms with E-state index >= 15 is 0 Å². The molecule has 0 aliphatic rings. The quantitative estimate of drug-likeness (QED) is 0.901. The maximum absolute atomic E-state index is 12.1. The molecule has 0 aliphatic carbocycles. The van der Waals surface area contributed by atoms with Gasteiger partial charge in [0.2, 0.25) is 0 Å². The summed E-state index contributed by atoms with van der Waals surface area (Å²) in [6.07, 6.45) is 0. The van der Waals surface area contributed by atoms with E-state index in [0.717, 1.165) is 23.0 Å². The van der Waals surface area contributed by atoms with E-state index in [1.165, 1.54) is 5.56 Å². The summed E-state index contributed by atoms with van der Waals surface area (Å²) in [5, 5.41) is 1.84. The molecule has 0 bridgehead atoms. The number of hydrogen-bond acceptors (Lipinski definition) is 2. The van der Waals surface area contributed by atoms with Gasteiger partial charge in [0, 0.05) is 17.6 Å². The van der Waals surface area contributed by atoms with Gasteiger partial charge in [-0.05, 0) is 37.0 Å². The molecule has 18 heavy (non-hydrogen) atoms. The average Bonchev–Trinajstić information content (AvgIpc) is 2.32. The molecule has 0 saturated carbocycles. The smallest absolute Gasteiger partial charge is 0.256 e. The first-order valence-corrected chi connectivity index (χ1v) is 6.29. The second-order valence-corrected chi connectivity index (χ2v) is 5.28. The highest BCUT2D eigenvalue weighted by Gasteiger charge is 2.13. The molecule has 1 aromatic heterocycles. The van der Waals surface area contributed by atoms with E-state index in [-0.39, 0.29) is 5.56 Å². The normalized spacial score (nSPS) is 11.7. The fraction of sp³-hybridized carbons (Fsp3) is 0.400. The van der Waals surface area contributed by atoms with Gasteiger partial charge in [0.15, 0.2) is 0 Å². The predicted octanol–water partition coefficient (Wildman–Crippen LogP) is 2.71. The van der Waals surface area contributed by atoms with Crippen LogP contribution in [-0.4, -0.2) is 24.0 Å². The molecule has 1 N–H and O–H groups in total. The van der Waals surface area contributed by atoms with Crippen molar-refractivity contribution in [3.05, 3.63) is 45.9 Å². The third-order valence-corrected chi connectivity index (χ3v) is 3.12. The van der Waals surface area contributed by atoms with E-state index < -0.39 is 0 Å². The Morgan fingerprint density at radius 2 is 1.78 bits per heavy atom. The fourth-order valence-electron chi connectivity index (χ4n) is 2.33. The molecule has 0 spiro atoms. The highest BCUT2D eigenvalue weighted by molar-refractivity contribution is 5.85. The summed E-state index contributed by atoms with van der Waals surface area (Å²) in [4.78, 5) is 17.2. The van der Waals surface area contributed by atoms with Crippen molar-refractivity contribution in [2.45, 2.75) is 26.3 Å². The summed E-state index contributed by atoms with van der Waals surface area (Å²) >= 11 is 0. The van der Waals surface area contributed by atoms with Crippen molar-refractivity contribution < 1.29 is 0 Å². The third kappa shape index (κ3) is 2.31. The summed E-state index contributed by atoms with van der Waals surface area (Å²) in [5.74, 6) is 0.317. The van der Waals surface area contributed by atoms with E-state index in [9.17, 15) is 4.79 Å². The molecule has 0 unspecified atom stereocenters. The highest BCUT2D eigenvalue weighted by Crippen LogP contribution is 2.24. The maximum atomic E-state index is 12.1. The molecule has 1 aromatic carbocycles. The number of nitrogens with zero attached hydrogens (tertiary/aromatic N) is 1. The fourth-order valence-corrected chi connectivity index (χ4v) is 2.33. The maximum Gasteiger partial charge on any atom is 0.256 e. The molecule has 2 rings (SSSR count). The number of H-pyrrole nitrogens is 1. The number of aromatic nitrogens is 1. The Hall–Kier alpha value is -1.61. The zero-order valence-corrected chi connectivity index (χ0v) is 11.4. The first-order chi connectivity index (χ1) is 8.50. The number of nitrogens with one attached hydrogen (secondary N) is 1. The number of hydrogen-bond donors (Lipinski definition) is 1. The summed E-state index contributed by atoms with van der Waals surface area (Å²) in [6, 6.07) is 7.82. The van der Waals surface area contributed by atoms with Gasteiger partial charge in [0.1, 0.15) is 0 Å². The van der Waals surface area contributed by atoms with Crippen LogP contribution in [0.1, 0.15) is 31.0 Å². The zero-order valence-electron chi connectivity index (χ0n) is 11.4. The summed E-state index contributed by atoms with van der Waals surface area (Å²) < 4.78 is 0. The van der Waals surface area contributed by atoms with Gasteiger partial charge < -0.3 is 9.88 Å². The van der Waals surface area contributed by atoms with Crippen LogP contribution in [0.4, 0.5) is 0 Å². The van der Waals surface area contributed by atoms with E-state index in [0.29, 0.717) is 5.92 Å². The molecule has 0 atom stereocenters. The Morgan fingerprint density at radius 3 is 2.33 bits per heavy atom. The van der Waals surface area contributed by atoms with Crippen LogP contribution in [0.3, 0.4) is 0 Å². The van der Waals surface area contributed by atoms with Crippen LogP contribution in [-0.2, 0) is 6.54 Å². The average molecular weight is 244 g/mol. The molecule has 2 aromatic rings. The summed E-state index contributed by atoms with van der Waals surface area (Å²) in [7, 11) is 4.09. The van der Waals surface area contributed by atoms with Crippen molar-refractivity contribution in [1.82, 2.24) is 9.88 Å². The van der Waals surface area contributed by atoms with Crippen LogP contribution in [0.15, 0.2) is 29.1 Å². The third-order valence-electron chi connectivity index (χ3n) is 3.12. The van der Waals surface area contributed by atoms with Crippen LogP contribution in [0.5, 0.6) is 0 Å². The van der Waals surface area contributed by atoms with E-state index in [1.807, 2.05) is 38.4 Å². The molecule has 0 saturated heterocycles. The minimum Gasteiger partial charge on any atom is -0.325 e. The number of pyridine rings is 1. The molecule has 3 heteroatoms. The van der Waals surface area contributed by atoms with Crippen LogP contribution < -0.4 is 5.56 Å². The number of fused-ring (bicyclic) bond motifs is 1. The second kappa shape index (κ2) is 4.94. The van der Waals surface area contributed by atoms with Gasteiger partial charge in [0.05, 0.1) is 0 Å². The van der Waals surface area contributed by atoms with Crippen LogP contribution in [0.25, 0.3) is 10.8 Å². The molecule has 96 valence electrons. The lowest BCUT2D eigenvalue weighted by atomic mass is 9.98. The molecular weight excluding hydrogens is 224 g/mol. The Bertz CT molecular complexity index is 611. The summed E-state index contributed by atoms with van der Waals surface area (Å²) in [5.41, 5.74) is 2.29. The Kier molecular flexibility index (Phi) is 3.53. The molecule has 0 fully saturated rings. The molecule has 1 heterocycles. The van der Waals surface area contributed by atoms with Gasteiger partial charge in [-0.3, -0.25) is 4.79 Å². The first-order valence-electron chi connectivity index (χ1n) is 6.29. The van der Waals surface area contributed by atoms with Gasteiger partial charge in [-0.1, -0.05) is 32.0 Å². The van der Waals surface area contributed by atoms with Crippen molar-refractivity contribution in [3.63, 3.8) is 0 Å². The van der Waals surface area contributed by atoms with E-state index in [4.69, 9.17) is 0 Å². The van der Waals surface area contributed by atoms with Crippen LogP contribution in [0.2, 0.25) is 0 Å². The largest absolute Gasteiger partial charge is 0.325 e. The van der Waals surface area contributed by atoms with Crippen molar-refractivity contribution in [3.8, 4) is 0 Å². The molecular formula is C15H20N2O. The topological polar surface area (TPSA) is 36.1 Å². The van der Waals surface area contributed by atoms with Crippen LogP contribution in [0, 0.1) is 0 Å². The van der Waals surface area contributed by atoms with Crippen LogP contribution >= 0.6 is 0 Å². The van der Waals surface area contributed by atoms with E-state index in [1.54, 1.807) is 0 Å². The van der Waals surface area contributed by atoms with Crippen molar-refractivity contribution in [1.29, 1.82) is 0 Å². The molecule has 0 amide bonds. The van der Waals surface area contributed by atoms with Gasteiger partial charge in [-0.2, -0.15) is 0 Å². The lowest BCUT2D eigenvalue weighted by Crippen LogP contribution is -2.19. The lowest BCUT2D eigenvalue weighted by Gasteiger charge is -2.18. The number of rotatable bonds is 3. The molecule has 0 radical (unpaired) electrons. The molecule has 0 aliphatic heterocycles. The van der Waals surface area contributed by atoms with Gasteiger partial charge >= 0.3 is 0 Å². The Labute approximate surface area is 107 Å². The molecule has 3 nitrogen and oxygen atoms in total. The highest BCUT2D eigenvalue weighted by atomic mass is 16.1. The minimum atomic E-state index is 0.0109. The SMILES string of the molecule is CC(C)c1[nH]c(=O)c2ccccc2c1CN(C)C. The monoisotopic (exact) mass is 244 g/mol. The zero-order chi connectivity index (χ0) is 13.3. The van der Waals surface area contributed by atoms with E-state index in [2.05, 4.69) is 23.7 Å². The van der Waals surface area contributed by atoms with Gasteiger partial charge in [-0.15, -0.1) is 0 Å². The number of aromatic amines is 1. The first kappa shape index (κ1) is 12.8. The lowest BCUT2D eigenvalue weighted by molar-refractivity contribution is 0.401. The van der Waals surface area contributed by atoms with Crippen molar-refractivity contribution in [2.24, 2.45) is 0 Å².